The Labute approximate surface area is 91.5 Å². The third-order valence-electron chi connectivity index (χ3n) is 2.65. The van der Waals surface area contributed by atoms with E-state index in [0.717, 1.165) is 12.8 Å². The Morgan fingerprint density at radius 3 is 2.79 bits per heavy atom. The lowest BCUT2D eigenvalue weighted by molar-refractivity contribution is 0.420. The van der Waals surface area contributed by atoms with Crippen LogP contribution in [0.3, 0.4) is 0 Å². The SMILES string of the molecule is CCCCCCC1(Cl)C=CC(O)=CC1. The molecule has 0 amide bonds. The molecule has 0 aromatic carbocycles. The monoisotopic (exact) mass is 214 g/mol. The summed E-state index contributed by atoms with van der Waals surface area (Å²) in [6.45, 7) is 2.21. The molecule has 0 aromatic rings. The van der Waals surface area contributed by atoms with Gasteiger partial charge in [0.2, 0.25) is 0 Å². The topological polar surface area (TPSA) is 20.2 Å². The van der Waals surface area contributed by atoms with Crippen molar-refractivity contribution in [1.29, 1.82) is 0 Å². The molecule has 14 heavy (non-hydrogen) atoms. The van der Waals surface area contributed by atoms with Crippen LogP contribution in [0.15, 0.2) is 24.0 Å². The molecule has 0 radical (unpaired) electrons. The number of rotatable bonds is 5. The van der Waals surface area contributed by atoms with Gasteiger partial charge in [-0.05, 0) is 25.0 Å². The maximum Gasteiger partial charge on any atom is 0.111 e. The van der Waals surface area contributed by atoms with E-state index in [9.17, 15) is 0 Å². The minimum absolute atomic E-state index is 0.236. The van der Waals surface area contributed by atoms with Gasteiger partial charge in [-0.25, -0.2) is 0 Å². The van der Waals surface area contributed by atoms with E-state index >= 15 is 0 Å². The van der Waals surface area contributed by atoms with Crippen LogP contribution in [0.5, 0.6) is 0 Å². The van der Waals surface area contributed by atoms with Crippen molar-refractivity contribution in [2.24, 2.45) is 0 Å². The highest BCUT2D eigenvalue weighted by Gasteiger charge is 2.24. The average molecular weight is 215 g/mol. The van der Waals surface area contributed by atoms with E-state index in [0.29, 0.717) is 5.76 Å². The second kappa shape index (κ2) is 5.45. The normalized spacial score (nSPS) is 26.3. The Kier molecular flexibility index (Phi) is 4.53. The molecule has 0 fully saturated rings. The molecule has 0 heterocycles. The zero-order chi connectivity index (χ0) is 10.4. The van der Waals surface area contributed by atoms with E-state index in [1.54, 1.807) is 12.2 Å². The summed E-state index contributed by atoms with van der Waals surface area (Å²) >= 11 is 6.38. The first-order chi connectivity index (χ1) is 6.66. The minimum Gasteiger partial charge on any atom is -0.508 e. The molecule has 0 aliphatic heterocycles. The zero-order valence-corrected chi connectivity index (χ0v) is 9.56. The first-order valence-electron chi connectivity index (χ1n) is 5.43. The second-order valence-electron chi connectivity index (χ2n) is 4.01. The summed E-state index contributed by atoms with van der Waals surface area (Å²) in [5, 5.41) is 9.17. The summed E-state index contributed by atoms with van der Waals surface area (Å²) < 4.78 is 0. The largest absolute Gasteiger partial charge is 0.508 e. The van der Waals surface area contributed by atoms with Crippen LogP contribution >= 0.6 is 11.6 Å². The number of unbranched alkanes of at least 4 members (excludes halogenated alkanes) is 3. The smallest absolute Gasteiger partial charge is 0.111 e. The summed E-state index contributed by atoms with van der Waals surface area (Å²) in [6, 6.07) is 0. The highest BCUT2D eigenvalue weighted by atomic mass is 35.5. The first kappa shape index (κ1) is 11.6. The van der Waals surface area contributed by atoms with E-state index < -0.39 is 0 Å². The van der Waals surface area contributed by atoms with Crippen molar-refractivity contribution < 1.29 is 5.11 Å². The van der Waals surface area contributed by atoms with Crippen molar-refractivity contribution in [1.82, 2.24) is 0 Å². The van der Waals surface area contributed by atoms with Crippen LogP contribution in [0.4, 0.5) is 0 Å². The Morgan fingerprint density at radius 1 is 1.43 bits per heavy atom. The van der Waals surface area contributed by atoms with Gasteiger partial charge < -0.3 is 5.11 Å². The molecule has 2 heteroatoms. The van der Waals surface area contributed by atoms with Gasteiger partial charge in [0.1, 0.15) is 5.76 Å². The van der Waals surface area contributed by atoms with E-state index in [2.05, 4.69) is 6.92 Å². The number of halogens is 1. The summed E-state index contributed by atoms with van der Waals surface area (Å²) in [5.41, 5.74) is 0. The fraction of sp³-hybridized carbons (Fsp3) is 0.667. The molecule has 1 aliphatic carbocycles. The van der Waals surface area contributed by atoms with Crippen molar-refractivity contribution >= 4 is 11.6 Å². The molecule has 1 N–H and O–H groups in total. The van der Waals surface area contributed by atoms with Crippen molar-refractivity contribution in [3.05, 3.63) is 24.0 Å². The van der Waals surface area contributed by atoms with Crippen LogP contribution in [0.25, 0.3) is 0 Å². The highest BCUT2D eigenvalue weighted by Crippen LogP contribution is 2.32. The molecule has 1 nitrogen and oxygen atoms in total. The Hall–Kier alpha value is -0.430. The number of aliphatic hydroxyl groups excluding tert-OH is 1. The van der Waals surface area contributed by atoms with E-state index in [1.807, 2.05) is 6.08 Å². The number of aliphatic hydroxyl groups is 1. The first-order valence-corrected chi connectivity index (χ1v) is 5.81. The number of allylic oxidation sites excluding steroid dienone is 3. The molecule has 0 saturated heterocycles. The number of hydrogen-bond donors (Lipinski definition) is 1. The predicted molar refractivity (Wildman–Crippen MR) is 61.8 cm³/mol. The molecule has 0 spiro atoms. The van der Waals surface area contributed by atoms with Crippen LogP contribution in [-0.4, -0.2) is 9.98 Å². The fourth-order valence-corrected chi connectivity index (χ4v) is 1.95. The summed E-state index contributed by atoms with van der Waals surface area (Å²) in [6.07, 6.45) is 12.2. The molecule has 1 aliphatic rings. The van der Waals surface area contributed by atoms with Crippen LogP contribution < -0.4 is 0 Å². The Balaban J connectivity index is 2.27. The Morgan fingerprint density at radius 2 is 2.21 bits per heavy atom. The lowest BCUT2D eigenvalue weighted by Crippen LogP contribution is -2.19. The van der Waals surface area contributed by atoms with E-state index in [1.165, 1.54) is 25.7 Å². The van der Waals surface area contributed by atoms with Gasteiger partial charge in [0.15, 0.2) is 0 Å². The maximum atomic E-state index is 9.17. The molecule has 1 atom stereocenters. The van der Waals surface area contributed by atoms with Crippen molar-refractivity contribution in [3.63, 3.8) is 0 Å². The molecule has 0 bridgehead atoms. The standard InChI is InChI=1S/C12H19ClO/c1-2-3-4-5-8-12(13)9-6-11(14)7-10-12/h6-7,9,14H,2-5,8,10H2,1H3. The van der Waals surface area contributed by atoms with Gasteiger partial charge in [0.25, 0.3) is 0 Å². The quantitative estimate of drug-likeness (QED) is 0.533. The summed E-state index contributed by atoms with van der Waals surface area (Å²) in [7, 11) is 0. The van der Waals surface area contributed by atoms with Gasteiger partial charge in [0.05, 0.1) is 4.87 Å². The van der Waals surface area contributed by atoms with E-state index in [-0.39, 0.29) is 4.87 Å². The summed E-state index contributed by atoms with van der Waals surface area (Å²) in [5.74, 6) is 0.342. The molecule has 1 rings (SSSR count). The van der Waals surface area contributed by atoms with Gasteiger partial charge in [-0.1, -0.05) is 38.7 Å². The number of hydrogen-bond acceptors (Lipinski definition) is 1. The van der Waals surface area contributed by atoms with Crippen LogP contribution in [0.1, 0.15) is 45.4 Å². The third kappa shape index (κ3) is 3.75. The third-order valence-corrected chi connectivity index (χ3v) is 3.12. The Bertz CT molecular complexity index is 232. The lowest BCUT2D eigenvalue weighted by atomic mass is 9.93. The van der Waals surface area contributed by atoms with Crippen molar-refractivity contribution in [2.75, 3.05) is 0 Å². The van der Waals surface area contributed by atoms with Crippen LogP contribution in [0, 0.1) is 0 Å². The maximum absolute atomic E-state index is 9.17. The van der Waals surface area contributed by atoms with Crippen molar-refractivity contribution in [2.45, 2.75) is 50.3 Å². The van der Waals surface area contributed by atoms with Crippen molar-refractivity contribution in [3.8, 4) is 0 Å². The molecule has 80 valence electrons. The van der Waals surface area contributed by atoms with Gasteiger partial charge in [0, 0.05) is 0 Å². The molecule has 0 saturated carbocycles. The van der Waals surface area contributed by atoms with Gasteiger partial charge in [-0.3, -0.25) is 0 Å². The highest BCUT2D eigenvalue weighted by molar-refractivity contribution is 6.25. The van der Waals surface area contributed by atoms with Gasteiger partial charge in [-0.2, -0.15) is 0 Å². The fourth-order valence-electron chi connectivity index (χ4n) is 1.68. The predicted octanol–water partition coefficient (Wildman–Crippen LogP) is 4.34. The molecule has 0 aromatic heterocycles. The molecular weight excluding hydrogens is 196 g/mol. The minimum atomic E-state index is -0.236. The zero-order valence-electron chi connectivity index (χ0n) is 8.80. The van der Waals surface area contributed by atoms with Gasteiger partial charge in [-0.15, -0.1) is 11.6 Å². The number of alkyl halides is 1. The second-order valence-corrected chi connectivity index (χ2v) is 4.76. The van der Waals surface area contributed by atoms with E-state index in [4.69, 9.17) is 16.7 Å². The average Bonchev–Trinajstić information content (AvgIpc) is 2.18. The van der Waals surface area contributed by atoms with Crippen LogP contribution in [0.2, 0.25) is 0 Å². The summed E-state index contributed by atoms with van der Waals surface area (Å²) in [4.78, 5) is -0.236. The molecule has 1 unspecified atom stereocenters. The lowest BCUT2D eigenvalue weighted by Gasteiger charge is -2.24. The van der Waals surface area contributed by atoms with Crippen LogP contribution in [-0.2, 0) is 0 Å². The van der Waals surface area contributed by atoms with Gasteiger partial charge >= 0.3 is 0 Å². The molecular formula is C12H19ClO.